The van der Waals surface area contributed by atoms with Crippen LogP contribution in [0.5, 0.6) is 5.75 Å². The molecule has 2 aromatic carbocycles. The molecule has 0 aliphatic heterocycles. The maximum absolute atomic E-state index is 10.8. The van der Waals surface area contributed by atoms with E-state index in [4.69, 9.17) is 9.73 Å². The van der Waals surface area contributed by atoms with Crippen LogP contribution in [0, 0.1) is 10.1 Å². The summed E-state index contributed by atoms with van der Waals surface area (Å²) in [7, 11) is 1.65. The van der Waals surface area contributed by atoms with Crippen molar-refractivity contribution < 1.29 is 9.66 Å². The fraction of sp³-hybridized carbons (Fsp3) is 0.381. The molecular formula is C21H26N4O3. The summed E-state index contributed by atoms with van der Waals surface area (Å²) >= 11 is 0. The zero-order chi connectivity index (χ0) is 19.8. The molecule has 2 aromatic rings. The van der Waals surface area contributed by atoms with Crippen LogP contribution in [0.3, 0.4) is 0 Å². The minimum Gasteiger partial charge on any atom is -0.497 e. The van der Waals surface area contributed by atoms with Crippen LogP contribution < -0.4 is 15.4 Å². The van der Waals surface area contributed by atoms with Crippen molar-refractivity contribution in [1.82, 2.24) is 10.6 Å². The highest BCUT2D eigenvalue weighted by Crippen LogP contribution is 2.18. The molecule has 2 N–H and O–H groups in total. The van der Waals surface area contributed by atoms with Crippen molar-refractivity contribution in [2.45, 2.75) is 44.8 Å². The number of nitro benzene ring substituents is 1. The van der Waals surface area contributed by atoms with Crippen LogP contribution >= 0.6 is 0 Å². The number of ether oxygens (including phenoxy) is 1. The van der Waals surface area contributed by atoms with Gasteiger partial charge in [-0.15, -0.1) is 0 Å². The average molecular weight is 382 g/mol. The van der Waals surface area contributed by atoms with E-state index in [2.05, 4.69) is 10.6 Å². The molecule has 0 amide bonds. The van der Waals surface area contributed by atoms with Gasteiger partial charge in [0.1, 0.15) is 5.75 Å². The number of nitrogens with zero attached hydrogens (tertiary/aromatic N) is 2. The fourth-order valence-electron chi connectivity index (χ4n) is 3.24. The number of nitro groups is 1. The number of hydrogen-bond donors (Lipinski definition) is 2. The maximum atomic E-state index is 10.8. The van der Waals surface area contributed by atoms with Crippen molar-refractivity contribution >= 4 is 11.6 Å². The van der Waals surface area contributed by atoms with Gasteiger partial charge in [-0.25, -0.2) is 4.99 Å². The Morgan fingerprint density at radius 2 is 1.75 bits per heavy atom. The molecule has 1 saturated carbocycles. The molecule has 1 aliphatic rings. The molecule has 0 bridgehead atoms. The Hall–Kier alpha value is -3.09. The number of nitrogens with one attached hydrogen (secondary N) is 2. The molecule has 0 radical (unpaired) electrons. The molecule has 0 aromatic heterocycles. The summed E-state index contributed by atoms with van der Waals surface area (Å²) in [5, 5.41) is 17.6. The highest BCUT2D eigenvalue weighted by atomic mass is 16.6. The van der Waals surface area contributed by atoms with Crippen LogP contribution in [0.4, 0.5) is 5.69 Å². The zero-order valence-corrected chi connectivity index (χ0v) is 16.1. The summed E-state index contributed by atoms with van der Waals surface area (Å²) in [6.07, 6.45) is 4.79. The van der Waals surface area contributed by atoms with Crippen molar-refractivity contribution in [3.05, 3.63) is 69.8 Å². The van der Waals surface area contributed by atoms with Gasteiger partial charge < -0.3 is 15.4 Å². The van der Waals surface area contributed by atoms with Gasteiger partial charge in [-0.1, -0.05) is 37.1 Å². The van der Waals surface area contributed by atoms with E-state index >= 15 is 0 Å². The number of benzene rings is 2. The third kappa shape index (κ3) is 5.70. The number of hydrogen-bond acceptors (Lipinski definition) is 4. The quantitative estimate of drug-likeness (QED) is 0.329. The highest BCUT2D eigenvalue weighted by Gasteiger charge is 2.16. The van der Waals surface area contributed by atoms with E-state index in [1.807, 2.05) is 24.3 Å². The Morgan fingerprint density at radius 1 is 1.11 bits per heavy atom. The lowest BCUT2D eigenvalue weighted by atomic mass is 10.2. The zero-order valence-electron chi connectivity index (χ0n) is 16.1. The lowest BCUT2D eigenvalue weighted by Gasteiger charge is -2.17. The van der Waals surface area contributed by atoms with Gasteiger partial charge in [0.15, 0.2) is 5.96 Å². The topological polar surface area (TPSA) is 88.8 Å². The minimum atomic E-state index is -0.388. The predicted molar refractivity (Wildman–Crippen MR) is 109 cm³/mol. The predicted octanol–water partition coefficient (Wildman–Crippen LogP) is 3.78. The van der Waals surface area contributed by atoms with Gasteiger partial charge in [-0.2, -0.15) is 0 Å². The number of non-ortho nitro benzene ring substituents is 1. The Labute approximate surface area is 165 Å². The molecule has 0 heterocycles. The second kappa shape index (κ2) is 9.73. The van der Waals surface area contributed by atoms with E-state index in [1.54, 1.807) is 19.2 Å². The first kappa shape index (κ1) is 19.7. The van der Waals surface area contributed by atoms with Crippen LogP contribution in [0.2, 0.25) is 0 Å². The molecule has 1 aliphatic carbocycles. The van der Waals surface area contributed by atoms with E-state index in [9.17, 15) is 10.1 Å². The molecule has 0 saturated heterocycles. The fourth-order valence-corrected chi connectivity index (χ4v) is 3.24. The monoisotopic (exact) mass is 382 g/mol. The normalized spacial score (nSPS) is 14.7. The molecule has 0 spiro atoms. The van der Waals surface area contributed by atoms with Crippen LogP contribution in [-0.4, -0.2) is 24.0 Å². The maximum Gasteiger partial charge on any atom is 0.269 e. The summed E-state index contributed by atoms with van der Waals surface area (Å²) in [6, 6.07) is 14.9. The molecule has 7 nitrogen and oxygen atoms in total. The van der Waals surface area contributed by atoms with Gasteiger partial charge in [-0.05, 0) is 36.1 Å². The standard InChI is InChI=1S/C21H26N4O3/c1-28-20-12-8-17(9-13-20)15-23-21(24-18-4-2-3-5-18)22-14-16-6-10-19(11-7-16)25(26)27/h6-13,18H,2-5,14-15H2,1H3,(H2,22,23,24). The van der Waals surface area contributed by atoms with Crippen LogP contribution in [0.15, 0.2) is 53.5 Å². The molecule has 0 unspecified atom stereocenters. The largest absolute Gasteiger partial charge is 0.497 e. The SMILES string of the molecule is COc1ccc(CN=C(NCc2ccc([N+](=O)[O-])cc2)NC2CCCC2)cc1. The van der Waals surface area contributed by atoms with E-state index in [1.165, 1.54) is 25.0 Å². The Morgan fingerprint density at radius 3 is 2.36 bits per heavy atom. The first-order valence-electron chi connectivity index (χ1n) is 9.55. The lowest BCUT2D eigenvalue weighted by molar-refractivity contribution is -0.384. The summed E-state index contributed by atoms with van der Waals surface area (Å²) in [6.45, 7) is 1.12. The van der Waals surface area contributed by atoms with E-state index in [0.717, 1.165) is 35.7 Å². The van der Waals surface area contributed by atoms with E-state index in [-0.39, 0.29) is 10.6 Å². The summed E-state index contributed by atoms with van der Waals surface area (Å²) < 4.78 is 5.19. The summed E-state index contributed by atoms with van der Waals surface area (Å²) in [5.41, 5.74) is 2.17. The number of aliphatic imine (C=N–C) groups is 1. The molecule has 0 atom stereocenters. The summed E-state index contributed by atoms with van der Waals surface area (Å²) in [5.74, 6) is 1.59. The highest BCUT2D eigenvalue weighted by molar-refractivity contribution is 5.80. The molecule has 1 fully saturated rings. The average Bonchev–Trinajstić information content (AvgIpc) is 3.24. The Balaban J connectivity index is 1.63. The second-order valence-electron chi connectivity index (χ2n) is 6.92. The van der Waals surface area contributed by atoms with Crippen LogP contribution in [0.1, 0.15) is 36.8 Å². The lowest BCUT2D eigenvalue weighted by Crippen LogP contribution is -2.42. The summed E-state index contributed by atoms with van der Waals surface area (Å²) in [4.78, 5) is 15.1. The molecule has 28 heavy (non-hydrogen) atoms. The molecule has 7 heteroatoms. The third-order valence-electron chi connectivity index (χ3n) is 4.88. The van der Waals surface area contributed by atoms with E-state index < -0.39 is 0 Å². The number of guanidine groups is 1. The Kier molecular flexibility index (Phi) is 6.84. The first-order chi connectivity index (χ1) is 13.6. The van der Waals surface area contributed by atoms with Gasteiger partial charge >= 0.3 is 0 Å². The van der Waals surface area contributed by atoms with Crippen molar-refractivity contribution in [3.8, 4) is 5.75 Å². The molecular weight excluding hydrogens is 356 g/mol. The number of methoxy groups -OCH3 is 1. The first-order valence-corrected chi connectivity index (χ1v) is 9.55. The van der Waals surface area contributed by atoms with Crippen molar-refractivity contribution in [3.63, 3.8) is 0 Å². The van der Waals surface area contributed by atoms with Gasteiger partial charge in [0.2, 0.25) is 0 Å². The van der Waals surface area contributed by atoms with Crippen molar-refractivity contribution in [1.29, 1.82) is 0 Å². The van der Waals surface area contributed by atoms with Gasteiger partial charge in [0.25, 0.3) is 5.69 Å². The molecule has 3 rings (SSSR count). The smallest absolute Gasteiger partial charge is 0.269 e. The molecule has 148 valence electrons. The van der Waals surface area contributed by atoms with Crippen molar-refractivity contribution in [2.75, 3.05) is 7.11 Å². The van der Waals surface area contributed by atoms with Gasteiger partial charge in [0, 0.05) is 24.7 Å². The Bertz CT molecular complexity index is 797. The second-order valence-corrected chi connectivity index (χ2v) is 6.92. The van der Waals surface area contributed by atoms with Crippen molar-refractivity contribution in [2.24, 2.45) is 4.99 Å². The van der Waals surface area contributed by atoms with E-state index in [0.29, 0.717) is 19.1 Å². The number of rotatable bonds is 7. The third-order valence-corrected chi connectivity index (χ3v) is 4.88. The van der Waals surface area contributed by atoms with Crippen LogP contribution in [0.25, 0.3) is 0 Å². The van der Waals surface area contributed by atoms with Gasteiger partial charge in [-0.3, -0.25) is 10.1 Å². The van der Waals surface area contributed by atoms with Crippen LogP contribution in [-0.2, 0) is 13.1 Å². The van der Waals surface area contributed by atoms with Gasteiger partial charge in [0.05, 0.1) is 18.6 Å². The minimum absolute atomic E-state index is 0.0984.